The van der Waals surface area contributed by atoms with Crippen molar-refractivity contribution in [1.82, 2.24) is 0 Å². The van der Waals surface area contributed by atoms with Crippen molar-refractivity contribution in [2.45, 2.75) is 83.4 Å². The Hall–Kier alpha value is 1.30. The van der Waals surface area contributed by atoms with Crippen molar-refractivity contribution in [3.8, 4) is 0 Å². The zero-order valence-corrected chi connectivity index (χ0v) is 26.3. The minimum Gasteiger partial charge on any atom is -1.00 e. The molecule has 0 aromatic heterocycles. The number of morpholine rings is 1. The predicted molar refractivity (Wildman–Crippen MR) is 125 cm³/mol. The molecule has 5 rings (SSSR count). The van der Waals surface area contributed by atoms with Crippen LogP contribution in [0, 0.1) is 34.5 Å². The van der Waals surface area contributed by atoms with Crippen LogP contribution in [0.15, 0.2) is 0 Å². The summed E-state index contributed by atoms with van der Waals surface area (Å²) in [7, 11) is 9.61. The first-order chi connectivity index (χ1) is 14.5. The van der Waals surface area contributed by atoms with E-state index in [0.717, 1.165) is 65.0 Å². The summed E-state index contributed by atoms with van der Waals surface area (Å²) in [6.07, 6.45) is 10.8. The molecule has 1 aliphatic heterocycles. The molecule has 6 heteroatoms. The SMILES string of the molecule is C[C@]12CC[C@H]([N+](C)(C)C)C[C@@H]1CC[C@@H]1[C@@H]2CC[C@]2(C)[C@@H](O)[C@@H]([N+]3(C)CCOCC3)C[C@@H]12.[I-].[I-]. The summed E-state index contributed by atoms with van der Waals surface area (Å²) in [4.78, 5) is 0. The molecule has 4 nitrogen and oxygen atoms in total. The van der Waals surface area contributed by atoms with Gasteiger partial charge in [0, 0.05) is 18.3 Å². The fourth-order valence-corrected chi connectivity index (χ4v) is 9.61. The standard InChI is InChI=1S/C27H50N2O2.2HI/c1-26-11-9-20(28(3,4)5)17-19(26)7-8-21-22(26)10-12-27(2)23(21)18-24(25(27)30)29(6)13-15-31-16-14-29;;/h19-25,30H,7-18H2,1-6H3;2*1H/q+2;;/p-2/t19-,20-,21+,22-,23-,24-,25-,26-,27-;;/m0../s1. The Morgan fingerprint density at radius 2 is 1.48 bits per heavy atom. The fraction of sp³-hybridized carbons (Fsp3) is 1.00. The lowest BCUT2D eigenvalue weighted by molar-refractivity contribution is -0.943. The van der Waals surface area contributed by atoms with E-state index < -0.39 is 0 Å². The van der Waals surface area contributed by atoms with Gasteiger partial charge in [-0.25, -0.2) is 0 Å². The Balaban J connectivity index is 0.00000153. The molecule has 194 valence electrons. The normalized spacial score (nSPS) is 49.0. The van der Waals surface area contributed by atoms with E-state index in [9.17, 15) is 5.11 Å². The molecule has 0 spiro atoms. The van der Waals surface area contributed by atoms with Gasteiger partial charge in [0.15, 0.2) is 0 Å². The number of nitrogens with zero attached hydrogens (tertiary/aromatic N) is 2. The van der Waals surface area contributed by atoms with Crippen molar-refractivity contribution >= 4 is 0 Å². The predicted octanol–water partition coefficient (Wildman–Crippen LogP) is -2.07. The van der Waals surface area contributed by atoms with Crippen molar-refractivity contribution in [2.75, 3.05) is 54.5 Å². The van der Waals surface area contributed by atoms with Crippen LogP contribution in [-0.4, -0.2) is 86.8 Å². The first-order valence-corrected chi connectivity index (χ1v) is 13.4. The molecule has 0 unspecified atom stereocenters. The molecule has 0 aromatic rings. The molecule has 4 aliphatic carbocycles. The Bertz CT molecular complexity index is 694. The minimum atomic E-state index is -0.138. The van der Waals surface area contributed by atoms with E-state index in [1.807, 2.05) is 0 Å². The Morgan fingerprint density at radius 1 is 0.848 bits per heavy atom. The molecule has 9 atom stereocenters. The summed E-state index contributed by atoms with van der Waals surface area (Å²) in [6, 6.07) is 1.25. The van der Waals surface area contributed by atoms with Gasteiger partial charge >= 0.3 is 0 Å². The number of ether oxygens (including phenoxy) is 1. The summed E-state index contributed by atoms with van der Waals surface area (Å²) in [5.74, 6) is 3.37. The largest absolute Gasteiger partial charge is 1.00 e. The van der Waals surface area contributed by atoms with Gasteiger partial charge < -0.3 is 66.8 Å². The second kappa shape index (κ2) is 9.88. The molecule has 0 bridgehead atoms. The third-order valence-electron chi connectivity index (χ3n) is 12.0. The van der Waals surface area contributed by atoms with Crippen LogP contribution in [0.3, 0.4) is 0 Å². The maximum Gasteiger partial charge on any atom is 0.116 e. The lowest BCUT2D eigenvalue weighted by Crippen LogP contribution is -3.00. The van der Waals surface area contributed by atoms with Crippen LogP contribution >= 0.6 is 0 Å². The third-order valence-corrected chi connectivity index (χ3v) is 12.0. The third kappa shape index (κ3) is 4.59. The molecule has 5 fully saturated rings. The Morgan fingerprint density at radius 3 is 2.12 bits per heavy atom. The zero-order chi connectivity index (χ0) is 22.2. The van der Waals surface area contributed by atoms with Crippen LogP contribution in [0.1, 0.15) is 65.2 Å². The van der Waals surface area contributed by atoms with Gasteiger partial charge in [-0.15, -0.1) is 0 Å². The van der Waals surface area contributed by atoms with Crippen molar-refractivity contribution < 1.29 is 66.8 Å². The second-order valence-corrected chi connectivity index (χ2v) is 14.0. The zero-order valence-electron chi connectivity index (χ0n) is 22.0. The summed E-state index contributed by atoms with van der Waals surface area (Å²) in [5, 5.41) is 11.7. The van der Waals surface area contributed by atoms with Gasteiger partial charge in [0.2, 0.25) is 0 Å². The van der Waals surface area contributed by atoms with Crippen LogP contribution in [0.4, 0.5) is 0 Å². The average Bonchev–Trinajstić information content (AvgIpc) is 2.99. The molecule has 1 N–H and O–H groups in total. The van der Waals surface area contributed by atoms with Gasteiger partial charge in [0.25, 0.3) is 0 Å². The number of quaternary nitrogens is 2. The van der Waals surface area contributed by atoms with Gasteiger partial charge in [-0.3, -0.25) is 0 Å². The van der Waals surface area contributed by atoms with Gasteiger partial charge in [-0.2, -0.15) is 0 Å². The van der Waals surface area contributed by atoms with Gasteiger partial charge in [-0.1, -0.05) is 13.8 Å². The van der Waals surface area contributed by atoms with Gasteiger partial charge in [-0.05, 0) is 67.6 Å². The van der Waals surface area contributed by atoms with Crippen LogP contribution in [0.5, 0.6) is 0 Å². The fourth-order valence-electron chi connectivity index (χ4n) is 9.61. The van der Waals surface area contributed by atoms with Crippen LogP contribution in [0.2, 0.25) is 0 Å². The van der Waals surface area contributed by atoms with Gasteiger partial charge in [0.1, 0.15) is 25.2 Å². The summed E-state index contributed by atoms with van der Waals surface area (Å²) in [5.41, 5.74) is 0.671. The van der Waals surface area contributed by atoms with E-state index in [-0.39, 0.29) is 59.5 Å². The number of hydrogen-bond acceptors (Lipinski definition) is 2. The highest BCUT2D eigenvalue weighted by molar-refractivity contribution is 5.11. The number of hydrogen-bond donors (Lipinski definition) is 1. The number of rotatable bonds is 2. The van der Waals surface area contributed by atoms with Crippen LogP contribution < -0.4 is 48.0 Å². The molecule has 0 aromatic carbocycles. The Labute approximate surface area is 237 Å². The molecular weight excluding hydrogens is 638 g/mol. The average molecular weight is 689 g/mol. The number of likely N-dealkylation sites (N-methyl/N-ethyl adjacent to an activating group) is 1. The number of aliphatic hydroxyl groups excluding tert-OH is 1. The highest BCUT2D eigenvalue weighted by atomic mass is 127. The maximum absolute atomic E-state index is 11.7. The summed E-state index contributed by atoms with van der Waals surface area (Å²) < 4.78 is 7.87. The van der Waals surface area contributed by atoms with E-state index >= 15 is 0 Å². The number of fused-ring (bicyclic) bond motifs is 5. The number of halogens is 2. The molecule has 33 heavy (non-hydrogen) atoms. The topological polar surface area (TPSA) is 29.5 Å². The van der Waals surface area contributed by atoms with E-state index in [2.05, 4.69) is 42.0 Å². The first kappa shape index (κ1) is 28.9. The molecule has 0 amide bonds. The Kier molecular flexibility index (Phi) is 8.64. The van der Waals surface area contributed by atoms with E-state index in [0.29, 0.717) is 11.5 Å². The number of aliphatic hydroxyl groups is 1. The molecular formula is C27H50I2N2O2. The first-order valence-electron chi connectivity index (χ1n) is 13.4. The molecule has 1 saturated heterocycles. The second-order valence-electron chi connectivity index (χ2n) is 14.0. The smallest absolute Gasteiger partial charge is 0.116 e. The van der Waals surface area contributed by atoms with Gasteiger partial charge in [0.05, 0.1) is 47.4 Å². The van der Waals surface area contributed by atoms with E-state index in [1.165, 1.54) is 51.4 Å². The lowest BCUT2D eigenvalue weighted by atomic mass is 9.45. The van der Waals surface area contributed by atoms with Crippen LogP contribution in [0.25, 0.3) is 0 Å². The van der Waals surface area contributed by atoms with Crippen LogP contribution in [-0.2, 0) is 4.74 Å². The minimum absolute atomic E-state index is 0. The maximum atomic E-state index is 11.7. The van der Waals surface area contributed by atoms with Crippen molar-refractivity contribution in [1.29, 1.82) is 0 Å². The molecule has 4 saturated carbocycles. The van der Waals surface area contributed by atoms with Crippen molar-refractivity contribution in [3.05, 3.63) is 0 Å². The molecule has 1 heterocycles. The van der Waals surface area contributed by atoms with Crippen molar-refractivity contribution in [3.63, 3.8) is 0 Å². The quantitative estimate of drug-likeness (QED) is 0.267. The summed E-state index contributed by atoms with van der Waals surface area (Å²) in [6.45, 7) is 9.02. The molecule has 0 radical (unpaired) electrons. The van der Waals surface area contributed by atoms with E-state index in [1.54, 1.807) is 0 Å². The molecule has 5 aliphatic rings. The highest BCUT2D eigenvalue weighted by Crippen LogP contribution is 2.67. The lowest BCUT2D eigenvalue weighted by Gasteiger charge is -2.61. The van der Waals surface area contributed by atoms with E-state index in [4.69, 9.17) is 4.74 Å². The highest BCUT2D eigenvalue weighted by Gasteiger charge is 2.65. The van der Waals surface area contributed by atoms with Crippen molar-refractivity contribution in [2.24, 2.45) is 34.5 Å². The monoisotopic (exact) mass is 688 g/mol. The summed E-state index contributed by atoms with van der Waals surface area (Å²) >= 11 is 0.